The molecular formula is C21H32N2O6Si. The predicted molar refractivity (Wildman–Crippen MR) is 119 cm³/mol. The summed E-state index contributed by atoms with van der Waals surface area (Å²) in [5.74, 6) is 0.637. The first-order valence-electron chi connectivity index (χ1n) is 9.93. The molecular weight excluding hydrogens is 404 g/mol. The van der Waals surface area contributed by atoms with E-state index in [0.717, 1.165) is 6.04 Å². The van der Waals surface area contributed by atoms with E-state index in [2.05, 4.69) is 25.0 Å². The third kappa shape index (κ3) is 5.68. The summed E-state index contributed by atoms with van der Waals surface area (Å²) in [5, 5.41) is 3.49. The summed E-state index contributed by atoms with van der Waals surface area (Å²) in [4.78, 5) is 24.6. The lowest BCUT2D eigenvalue weighted by molar-refractivity contribution is -0.142. The first kappa shape index (κ1) is 23.6. The average Bonchev–Trinajstić information content (AvgIpc) is 2.96. The van der Waals surface area contributed by atoms with Crippen LogP contribution in [-0.2, 0) is 27.7 Å². The van der Waals surface area contributed by atoms with Gasteiger partial charge in [-0.1, -0.05) is 19.6 Å². The van der Waals surface area contributed by atoms with Crippen LogP contribution in [0.15, 0.2) is 12.3 Å². The third-order valence-electron chi connectivity index (χ3n) is 4.63. The standard InChI is InChI=1S/C21H32N2O6Si/c1-8-28-17(24)11-14-13-23(2)19-18(14)15(12-16(26-3)20(19)27-4)22-21(25)29-9-10-30(5,6)7/h12-13H,8-11H2,1-7H3,(H,22,25). The molecule has 1 aromatic heterocycles. The van der Waals surface area contributed by atoms with Crippen LogP contribution in [0.3, 0.4) is 0 Å². The molecule has 0 spiro atoms. The van der Waals surface area contributed by atoms with E-state index in [4.69, 9.17) is 18.9 Å². The van der Waals surface area contributed by atoms with Crippen molar-refractivity contribution in [2.75, 3.05) is 32.8 Å². The van der Waals surface area contributed by atoms with Crippen molar-refractivity contribution in [2.24, 2.45) is 7.05 Å². The van der Waals surface area contributed by atoms with Gasteiger partial charge in [-0.05, 0) is 18.5 Å². The number of anilines is 1. The molecule has 0 unspecified atom stereocenters. The minimum atomic E-state index is -1.32. The van der Waals surface area contributed by atoms with Crippen LogP contribution in [0, 0.1) is 0 Å². The Morgan fingerprint density at radius 1 is 1.13 bits per heavy atom. The lowest BCUT2D eigenvalue weighted by atomic mass is 10.1. The summed E-state index contributed by atoms with van der Waals surface area (Å²) in [6, 6.07) is 2.55. The summed E-state index contributed by atoms with van der Waals surface area (Å²) in [6.45, 7) is 9.09. The Hall–Kier alpha value is -2.68. The van der Waals surface area contributed by atoms with Gasteiger partial charge in [-0.2, -0.15) is 0 Å². The highest BCUT2D eigenvalue weighted by Crippen LogP contribution is 2.42. The first-order valence-corrected chi connectivity index (χ1v) is 13.6. The van der Waals surface area contributed by atoms with E-state index in [9.17, 15) is 9.59 Å². The number of esters is 1. The van der Waals surface area contributed by atoms with Crippen LogP contribution in [0.25, 0.3) is 10.9 Å². The summed E-state index contributed by atoms with van der Waals surface area (Å²) >= 11 is 0. The van der Waals surface area contributed by atoms with Crippen LogP contribution in [-0.4, -0.2) is 52.1 Å². The number of nitrogens with zero attached hydrogens (tertiary/aromatic N) is 1. The van der Waals surface area contributed by atoms with E-state index in [1.165, 1.54) is 7.11 Å². The Morgan fingerprint density at radius 2 is 1.83 bits per heavy atom. The zero-order valence-electron chi connectivity index (χ0n) is 18.9. The van der Waals surface area contributed by atoms with Crippen molar-refractivity contribution in [3.8, 4) is 11.5 Å². The maximum absolute atomic E-state index is 12.5. The highest BCUT2D eigenvalue weighted by Gasteiger charge is 2.23. The Bertz CT molecular complexity index is 917. The SMILES string of the molecule is CCOC(=O)Cc1cn(C)c2c(OC)c(OC)cc(NC(=O)OCC[Si](C)(C)C)c12. The molecule has 1 amide bonds. The van der Waals surface area contributed by atoms with Crippen molar-refractivity contribution >= 4 is 36.7 Å². The fraction of sp³-hybridized carbons (Fsp3) is 0.524. The van der Waals surface area contributed by atoms with Gasteiger partial charge in [0.25, 0.3) is 0 Å². The summed E-state index contributed by atoms with van der Waals surface area (Å²) < 4.78 is 23.3. The van der Waals surface area contributed by atoms with Gasteiger partial charge in [0.05, 0.1) is 45.1 Å². The highest BCUT2D eigenvalue weighted by atomic mass is 28.3. The zero-order valence-corrected chi connectivity index (χ0v) is 19.9. The van der Waals surface area contributed by atoms with Crippen LogP contribution in [0.1, 0.15) is 12.5 Å². The van der Waals surface area contributed by atoms with Crippen LogP contribution >= 0.6 is 0 Å². The van der Waals surface area contributed by atoms with E-state index in [-0.39, 0.29) is 12.4 Å². The number of carbonyl (C=O) groups excluding carboxylic acids is 2. The lowest BCUT2D eigenvalue weighted by Crippen LogP contribution is -2.24. The molecule has 0 fully saturated rings. The number of ether oxygens (including phenoxy) is 4. The van der Waals surface area contributed by atoms with Gasteiger partial charge in [-0.3, -0.25) is 10.1 Å². The molecule has 0 saturated heterocycles. The van der Waals surface area contributed by atoms with Crippen molar-refractivity contribution in [3.05, 3.63) is 17.8 Å². The van der Waals surface area contributed by atoms with E-state index in [1.807, 2.05) is 17.8 Å². The van der Waals surface area contributed by atoms with Crippen LogP contribution < -0.4 is 14.8 Å². The Labute approximate surface area is 178 Å². The molecule has 0 aliphatic rings. The molecule has 2 aromatic rings. The van der Waals surface area contributed by atoms with Crippen LogP contribution in [0.5, 0.6) is 11.5 Å². The van der Waals surface area contributed by atoms with Crippen LogP contribution in [0.4, 0.5) is 10.5 Å². The van der Waals surface area contributed by atoms with Crippen molar-refractivity contribution in [2.45, 2.75) is 39.0 Å². The van der Waals surface area contributed by atoms with Crippen LogP contribution in [0.2, 0.25) is 25.7 Å². The topological polar surface area (TPSA) is 88.0 Å². The molecule has 0 atom stereocenters. The predicted octanol–water partition coefficient (Wildman–Crippen LogP) is 4.19. The van der Waals surface area contributed by atoms with Gasteiger partial charge >= 0.3 is 12.1 Å². The van der Waals surface area contributed by atoms with Gasteiger partial charge in [0.15, 0.2) is 11.5 Å². The minimum Gasteiger partial charge on any atom is -0.493 e. The van der Waals surface area contributed by atoms with Gasteiger partial charge < -0.3 is 23.5 Å². The number of fused-ring (bicyclic) bond motifs is 1. The Kier molecular flexibility index (Phi) is 7.77. The van der Waals surface area contributed by atoms with Crippen molar-refractivity contribution in [1.29, 1.82) is 0 Å². The number of hydrogen-bond acceptors (Lipinski definition) is 6. The molecule has 30 heavy (non-hydrogen) atoms. The fourth-order valence-electron chi connectivity index (χ4n) is 3.20. The first-order chi connectivity index (χ1) is 14.1. The van der Waals surface area contributed by atoms with Gasteiger partial charge in [0.1, 0.15) is 0 Å². The second-order valence-corrected chi connectivity index (χ2v) is 13.8. The number of aryl methyl sites for hydroxylation is 1. The van der Waals surface area contributed by atoms with E-state index in [0.29, 0.717) is 46.9 Å². The number of nitrogens with one attached hydrogen (secondary N) is 1. The molecule has 0 aliphatic carbocycles. The fourth-order valence-corrected chi connectivity index (χ4v) is 3.91. The Morgan fingerprint density at radius 3 is 2.40 bits per heavy atom. The summed E-state index contributed by atoms with van der Waals surface area (Å²) in [5.41, 5.74) is 1.90. The number of rotatable bonds is 9. The lowest BCUT2D eigenvalue weighted by Gasteiger charge is -2.17. The van der Waals surface area contributed by atoms with Gasteiger partial charge in [0, 0.05) is 32.8 Å². The highest BCUT2D eigenvalue weighted by molar-refractivity contribution is 6.76. The molecule has 1 heterocycles. The monoisotopic (exact) mass is 436 g/mol. The number of benzene rings is 1. The molecule has 0 bridgehead atoms. The molecule has 0 aliphatic heterocycles. The summed E-state index contributed by atoms with van der Waals surface area (Å²) in [7, 11) is 3.61. The third-order valence-corrected chi connectivity index (χ3v) is 6.33. The van der Waals surface area contributed by atoms with Crippen molar-refractivity contribution in [3.63, 3.8) is 0 Å². The average molecular weight is 437 g/mol. The van der Waals surface area contributed by atoms with Gasteiger partial charge in [-0.15, -0.1) is 0 Å². The zero-order chi connectivity index (χ0) is 22.5. The molecule has 8 nitrogen and oxygen atoms in total. The number of amides is 1. The maximum Gasteiger partial charge on any atom is 0.411 e. The number of hydrogen-bond donors (Lipinski definition) is 1. The molecule has 9 heteroatoms. The second kappa shape index (κ2) is 9.88. The molecule has 0 radical (unpaired) electrons. The minimum absolute atomic E-state index is 0.0695. The number of methoxy groups -OCH3 is 2. The van der Waals surface area contributed by atoms with Crippen molar-refractivity contribution in [1.82, 2.24) is 4.57 Å². The smallest absolute Gasteiger partial charge is 0.411 e. The normalized spacial score (nSPS) is 11.3. The second-order valence-electron chi connectivity index (χ2n) is 8.20. The maximum atomic E-state index is 12.5. The van der Waals surface area contributed by atoms with Crippen molar-refractivity contribution < 1.29 is 28.5 Å². The van der Waals surface area contributed by atoms with E-state index in [1.54, 1.807) is 20.1 Å². The molecule has 2 rings (SSSR count). The largest absolute Gasteiger partial charge is 0.493 e. The number of aromatic nitrogens is 1. The Balaban J connectivity index is 2.45. The van der Waals surface area contributed by atoms with Gasteiger partial charge in [-0.25, -0.2) is 4.79 Å². The van der Waals surface area contributed by atoms with E-state index < -0.39 is 14.2 Å². The molecule has 1 N–H and O–H groups in total. The number of carbonyl (C=O) groups is 2. The molecule has 166 valence electrons. The summed E-state index contributed by atoms with van der Waals surface area (Å²) in [6.07, 6.45) is 1.35. The van der Waals surface area contributed by atoms with E-state index >= 15 is 0 Å². The van der Waals surface area contributed by atoms with Gasteiger partial charge in [0.2, 0.25) is 0 Å². The molecule has 1 aromatic carbocycles. The molecule has 0 saturated carbocycles. The quantitative estimate of drug-likeness (QED) is 0.468.